The van der Waals surface area contributed by atoms with E-state index in [1.54, 1.807) is 6.07 Å². The van der Waals surface area contributed by atoms with Gasteiger partial charge in [0.1, 0.15) is 5.75 Å². The molecule has 0 saturated carbocycles. The van der Waals surface area contributed by atoms with Crippen LogP contribution in [0.1, 0.15) is 0 Å². The molecule has 0 aromatic heterocycles. The molecule has 0 spiro atoms. The number of methoxy groups -OCH3 is 1. The zero-order chi connectivity index (χ0) is 14.8. The molecule has 0 radical (unpaired) electrons. The Hall–Kier alpha value is -2.24. The van der Waals surface area contributed by atoms with Crippen LogP contribution in [0.15, 0.2) is 42.5 Å². The predicted octanol–water partition coefficient (Wildman–Crippen LogP) is 4.40. The van der Waals surface area contributed by atoms with Crippen molar-refractivity contribution >= 4 is 0 Å². The van der Waals surface area contributed by atoms with Crippen LogP contribution < -0.4 is 9.47 Å². The Morgan fingerprint density at radius 3 is 2.30 bits per heavy atom. The van der Waals surface area contributed by atoms with E-state index in [0.717, 1.165) is 6.07 Å². The standard InChI is InChI=1S/C14H10F4O2/c1-19-13-8-9(6-7-11(13)15)10-4-2-3-5-12(10)20-14(16,17)18/h2-8H,1H3. The van der Waals surface area contributed by atoms with Crippen LogP contribution in [-0.4, -0.2) is 13.5 Å². The second-order valence-electron chi connectivity index (χ2n) is 3.89. The van der Waals surface area contributed by atoms with Gasteiger partial charge >= 0.3 is 6.36 Å². The molecule has 0 amide bonds. The van der Waals surface area contributed by atoms with Crippen molar-refractivity contribution in [1.29, 1.82) is 0 Å². The third kappa shape index (κ3) is 3.20. The summed E-state index contributed by atoms with van der Waals surface area (Å²) in [5.41, 5.74) is 0.561. The van der Waals surface area contributed by atoms with Crippen LogP contribution in [0.25, 0.3) is 11.1 Å². The van der Waals surface area contributed by atoms with Crippen LogP contribution in [0.4, 0.5) is 17.6 Å². The van der Waals surface area contributed by atoms with Crippen molar-refractivity contribution in [3.05, 3.63) is 48.3 Å². The van der Waals surface area contributed by atoms with Crippen LogP contribution in [0.2, 0.25) is 0 Å². The zero-order valence-corrected chi connectivity index (χ0v) is 10.4. The van der Waals surface area contributed by atoms with E-state index in [-0.39, 0.29) is 17.1 Å². The van der Waals surface area contributed by atoms with Crippen LogP contribution in [0.3, 0.4) is 0 Å². The molecule has 2 rings (SSSR count). The Bertz CT molecular complexity index is 608. The summed E-state index contributed by atoms with van der Waals surface area (Å²) in [4.78, 5) is 0. The van der Waals surface area contributed by atoms with Crippen molar-refractivity contribution in [2.24, 2.45) is 0 Å². The summed E-state index contributed by atoms with van der Waals surface area (Å²) < 4.78 is 59.1. The maximum Gasteiger partial charge on any atom is 0.573 e. The third-order valence-electron chi connectivity index (χ3n) is 2.57. The van der Waals surface area contributed by atoms with E-state index in [4.69, 9.17) is 4.74 Å². The van der Waals surface area contributed by atoms with Crippen molar-refractivity contribution in [1.82, 2.24) is 0 Å². The summed E-state index contributed by atoms with van der Waals surface area (Å²) in [6.07, 6.45) is -4.79. The average Bonchev–Trinajstić information content (AvgIpc) is 2.38. The lowest BCUT2D eigenvalue weighted by molar-refractivity contribution is -0.274. The summed E-state index contributed by atoms with van der Waals surface area (Å²) in [6, 6.07) is 9.43. The Balaban J connectivity index is 2.47. The van der Waals surface area contributed by atoms with Crippen molar-refractivity contribution in [3.8, 4) is 22.6 Å². The summed E-state index contributed by atoms with van der Waals surface area (Å²) in [6.45, 7) is 0. The highest BCUT2D eigenvalue weighted by molar-refractivity contribution is 5.71. The molecule has 0 atom stereocenters. The number of hydrogen-bond acceptors (Lipinski definition) is 2. The lowest BCUT2D eigenvalue weighted by Crippen LogP contribution is -2.17. The first-order valence-electron chi connectivity index (χ1n) is 5.59. The number of hydrogen-bond donors (Lipinski definition) is 0. The number of benzene rings is 2. The minimum Gasteiger partial charge on any atom is -0.494 e. The molecule has 0 bridgehead atoms. The first-order valence-corrected chi connectivity index (χ1v) is 5.59. The summed E-state index contributed by atoms with van der Waals surface area (Å²) >= 11 is 0. The summed E-state index contributed by atoms with van der Waals surface area (Å²) in [5.74, 6) is -0.997. The molecule has 20 heavy (non-hydrogen) atoms. The highest BCUT2D eigenvalue weighted by atomic mass is 19.4. The Labute approximate surface area is 112 Å². The average molecular weight is 286 g/mol. The van der Waals surface area contributed by atoms with Gasteiger partial charge in [0.25, 0.3) is 0 Å². The largest absolute Gasteiger partial charge is 0.573 e. The van der Waals surface area contributed by atoms with Gasteiger partial charge in [-0.25, -0.2) is 4.39 Å². The minimum atomic E-state index is -4.79. The zero-order valence-electron chi connectivity index (χ0n) is 10.4. The fourth-order valence-electron chi connectivity index (χ4n) is 1.75. The van der Waals surface area contributed by atoms with Gasteiger partial charge < -0.3 is 9.47 Å². The van der Waals surface area contributed by atoms with E-state index in [1.807, 2.05) is 0 Å². The van der Waals surface area contributed by atoms with E-state index >= 15 is 0 Å². The number of alkyl halides is 3. The fourth-order valence-corrected chi connectivity index (χ4v) is 1.75. The van der Waals surface area contributed by atoms with Crippen molar-refractivity contribution < 1.29 is 27.0 Å². The quantitative estimate of drug-likeness (QED) is 0.779. The Morgan fingerprint density at radius 1 is 0.950 bits per heavy atom. The SMILES string of the molecule is COc1cc(-c2ccccc2OC(F)(F)F)ccc1F. The van der Waals surface area contributed by atoms with Gasteiger partial charge in [-0.15, -0.1) is 13.2 Å². The second kappa shape index (κ2) is 5.40. The molecule has 0 fully saturated rings. The molecule has 0 N–H and O–H groups in total. The first-order chi connectivity index (χ1) is 9.40. The molecule has 106 valence electrons. The smallest absolute Gasteiger partial charge is 0.494 e. The highest BCUT2D eigenvalue weighted by Crippen LogP contribution is 2.35. The Morgan fingerprint density at radius 2 is 1.65 bits per heavy atom. The lowest BCUT2D eigenvalue weighted by atomic mass is 10.0. The van der Waals surface area contributed by atoms with Gasteiger partial charge in [-0.2, -0.15) is 0 Å². The minimum absolute atomic E-state index is 0.0516. The maximum atomic E-state index is 13.3. The molecule has 2 aromatic carbocycles. The molecule has 0 aliphatic carbocycles. The van der Waals surface area contributed by atoms with E-state index in [9.17, 15) is 17.6 Å². The second-order valence-corrected chi connectivity index (χ2v) is 3.89. The summed E-state index contributed by atoms with van der Waals surface area (Å²) in [7, 11) is 1.28. The van der Waals surface area contributed by atoms with Crippen molar-refractivity contribution in [2.45, 2.75) is 6.36 Å². The molecule has 0 unspecified atom stereocenters. The highest BCUT2D eigenvalue weighted by Gasteiger charge is 2.32. The van der Waals surface area contributed by atoms with Gasteiger partial charge in [0.2, 0.25) is 0 Å². The molecule has 0 aliphatic rings. The first kappa shape index (κ1) is 14.2. The van der Waals surface area contributed by atoms with Crippen LogP contribution in [-0.2, 0) is 0 Å². The van der Waals surface area contributed by atoms with Crippen molar-refractivity contribution in [2.75, 3.05) is 7.11 Å². The van der Waals surface area contributed by atoms with Crippen LogP contribution in [0.5, 0.6) is 11.5 Å². The molecule has 6 heteroatoms. The van der Waals surface area contributed by atoms with Gasteiger partial charge in [-0.05, 0) is 23.8 Å². The van der Waals surface area contributed by atoms with E-state index in [2.05, 4.69) is 4.74 Å². The topological polar surface area (TPSA) is 18.5 Å². The van der Waals surface area contributed by atoms with Gasteiger partial charge in [0.15, 0.2) is 11.6 Å². The Kier molecular flexibility index (Phi) is 3.83. The lowest BCUT2D eigenvalue weighted by Gasteiger charge is -2.14. The van der Waals surface area contributed by atoms with Gasteiger partial charge in [0.05, 0.1) is 7.11 Å². The molecule has 2 nitrogen and oxygen atoms in total. The van der Waals surface area contributed by atoms with Gasteiger partial charge in [-0.1, -0.05) is 24.3 Å². The molecule has 0 heterocycles. The van der Waals surface area contributed by atoms with E-state index in [1.165, 1.54) is 37.4 Å². The van der Waals surface area contributed by atoms with E-state index in [0.29, 0.717) is 5.56 Å². The molecular formula is C14H10F4O2. The number of halogens is 4. The number of ether oxygens (including phenoxy) is 2. The van der Waals surface area contributed by atoms with Crippen LogP contribution in [0, 0.1) is 5.82 Å². The van der Waals surface area contributed by atoms with Crippen molar-refractivity contribution in [3.63, 3.8) is 0 Å². The summed E-state index contributed by atoms with van der Waals surface area (Å²) in [5, 5.41) is 0. The molecule has 2 aromatic rings. The monoisotopic (exact) mass is 286 g/mol. The molecule has 0 saturated heterocycles. The molecular weight excluding hydrogens is 276 g/mol. The van der Waals surface area contributed by atoms with Crippen LogP contribution >= 0.6 is 0 Å². The fraction of sp³-hybridized carbons (Fsp3) is 0.143. The van der Waals surface area contributed by atoms with Gasteiger partial charge in [-0.3, -0.25) is 0 Å². The predicted molar refractivity (Wildman–Crippen MR) is 65.1 cm³/mol. The number of para-hydroxylation sites is 1. The molecule has 0 aliphatic heterocycles. The van der Waals surface area contributed by atoms with Gasteiger partial charge in [0, 0.05) is 5.56 Å². The van der Waals surface area contributed by atoms with E-state index < -0.39 is 12.2 Å². The maximum absolute atomic E-state index is 13.3. The third-order valence-corrected chi connectivity index (χ3v) is 2.57. The number of rotatable bonds is 3. The normalized spacial score (nSPS) is 11.2.